The number of thioether (sulfide) groups is 2. The Hall–Kier alpha value is -0.630. The number of aliphatic hydroxyl groups is 3. The number of aliphatic hydroxyl groups excluding tert-OH is 3. The fraction of sp³-hybridized carbons (Fsp3) is 0.524. The van der Waals surface area contributed by atoms with Crippen LogP contribution in [-0.2, 0) is 6.42 Å². The van der Waals surface area contributed by atoms with Gasteiger partial charge in [-0.1, -0.05) is 30.4 Å². The zero-order valence-corrected chi connectivity index (χ0v) is 18.3. The van der Waals surface area contributed by atoms with Gasteiger partial charge < -0.3 is 20.1 Å². The summed E-state index contributed by atoms with van der Waals surface area (Å²) in [6.07, 6.45) is 5.56. The summed E-state index contributed by atoms with van der Waals surface area (Å²) in [4.78, 5) is 0. The molecule has 1 aliphatic carbocycles. The third kappa shape index (κ3) is 4.91. The van der Waals surface area contributed by atoms with Crippen molar-refractivity contribution in [1.82, 2.24) is 0 Å². The highest BCUT2D eigenvalue weighted by atomic mass is 35.5. The number of alkyl halides is 1. The first kappa shape index (κ1) is 22.1. The van der Waals surface area contributed by atoms with Gasteiger partial charge in [-0.05, 0) is 42.9 Å². The molecule has 1 aromatic rings. The summed E-state index contributed by atoms with van der Waals surface area (Å²) in [5, 5.41) is 30.5. The van der Waals surface area contributed by atoms with E-state index in [9.17, 15) is 15.3 Å². The van der Waals surface area contributed by atoms with Gasteiger partial charge >= 0.3 is 0 Å². The molecule has 3 rings (SSSR count). The number of hydrogen-bond acceptors (Lipinski definition) is 6. The molecule has 28 heavy (non-hydrogen) atoms. The van der Waals surface area contributed by atoms with Crippen LogP contribution in [0.5, 0.6) is 5.75 Å². The van der Waals surface area contributed by atoms with Gasteiger partial charge in [0.25, 0.3) is 0 Å². The van der Waals surface area contributed by atoms with Crippen LogP contribution in [0.15, 0.2) is 48.1 Å². The molecule has 1 fully saturated rings. The van der Waals surface area contributed by atoms with Crippen LogP contribution >= 0.6 is 35.1 Å². The average molecular weight is 443 g/mol. The molecular weight excluding hydrogens is 416 g/mol. The maximum atomic E-state index is 10.5. The molecule has 0 amide bonds. The van der Waals surface area contributed by atoms with Crippen molar-refractivity contribution in [1.29, 1.82) is 0 Å². The van der Waals surface area contributed by atoms with Crippen molar-refractivity contribution in [2.24, 2.45) is 5.92 Å². The highest BCUT2D eigenvalue weighted by molar-refractivity contribution is 8.17. The highest BCUT2D eigenvalue weighted by Crippen LogP contribution is 2.42. The van der Waals surface area contributed by atoms with Crippen LogP contribution < -0.4 is 4.74 Å². The van der Waals surface area contributed by atoms with E-state index in [2.05, 4.69) is 18.2 Å². The number of hydrogen-bond donors (Lipinski definition) is 3. The van der Waals surface area contributed by atoms with Crippen molar-refractivity contribution in [2.75, 3.05) is 12.9 Å². The average Bonchev–Trinajstić information content (AvgIpc) is 2.70. The van der Waals surface area contributed by atoms with Crippen molar-refractivity contribution in [3.05, 3.63) is 53.6 Å². The predicted molar refractivity (Wildman–Crippen MR) is 118 cm³/mol. The van der Waals surface area contributed by atoms with Gasteiger partial charge in [0.15, 0.2) is 0 Å². The van der Waals surface area contributed by atoms with Crippen LogP contribution in [0, 0.1) is 5.92 Å². The van der Waals surface area contributed by atoms with Crippen molar-refractivity contribution in [3.63, 3.8) is 0 Å². The SMILES string of the molecule is CCOc1ccc(CC2C=C(C3SC(SC)C(O)C(O)C3O)C=CC2Cl)cc1. The largest absolute Gasteiger partial charge is 0.494 e. The Morgan fingerprint density at radius 3 is 2.46 bits per heavy atom. The molecule has 7 heteroatoms. The van der Waals surface area contributed by atoms with Gasteiger partial charge in [0.2, 0.25) is 0 Å². The maximum Gasteiger partial charge on any atom is 0.119 e. The molecule has 0 saturated carbocycles. The lowest BCUT2D eigenvalue weighted by molar-refractivity contribution is -0.0547. The summed E-state index contributed by atoms with van der Waals surface area (Å²) >= 11 is 9.53. The Labute approximate surface area is 180 Å². The zero-order chi connectivity index (χ0) is 20.3. The van der Waals surface area contributed by atoms with Crippen LogP contribution in [0.25, 0.3) is 0 Å². The van der Waals surface area contributed by atoms with E-state index in [1.54, 1.807) is 0 Å². The molecule has 7 atom stereocenters. The molecule has 7 unspecified atom stereocenters. The molecule has 1 aromatic carbocycles. The van der Waals surface area contributed by atoms with Crippen molar-refractivity contribution < 1.29 is 20.1 Å². The van der Waals surface area contributed by atoms with Crippen LogP contribution in [0.3, 0.4) is 0 Å². The van der Waals surface area contributed by atoms with E-state index in [0.29, 0.717) is 6.61 Å². The van der Waals surface area contributed by atoms with Crippen LogP contribution in [-0.4, -0.2) is 61.7 Å². The summed E-state index contributed by atoms with van der Waals surface area (Å²) < 4.78 is 5.31. The zero-order valence-electron chi connectivity index (χ0n) is 15.9. The Morgan fingerprint density at radius 2 is 1.82 bits per heavy atom. The number of allylic oxidation sites excluding steroid dienone is 3. The Bertz CT molecular complexity index is 707. The minimum absolute atomic E-state index is 0.0872. The maximum absolute atomic E-state index is 10.5. The second-order valence-electron chi connectivity index (χ2n) is 7.05. The molecule has 3 N–H and O–H groups in total. The molecule has 0 bridgehead atoms. The second-order valence-corrected chi connectivity index (χ2v) is 10.1. The van der Waals surface area contributed by atoms with E-state index in [1.165, 1.54) is 29.1 Å². The lowest BCUT2D eigenvalue weighted by Crippen LogP contribution is -2.52. The van der Waals surface area contributed by atoms with Crippen LogP contribution in [0.2, 0.25) is 0 Å². The van der Waals surface area contributed by atoms with Crippen LogP contribution in [0.1, 0.15) is 12.5 Å². The van der Waals surface area contributed by atoms with Gasteiger partial charge in [-0.2, -0.15) is 0 Å². The Kier molecular flexibility index (Phi) is 7.81. The molecule has 1 aliphatic heterocycles. The van der Waals surface area contributed by atoms with Crippen LogP contribution in [0.4, 0.5) is 0 Å². The van der Waals surface area contributed by atoms with Crippen molar-refractivity contribution >= 4 is 35.1 Å². The van der Waals surface area contributed by atoms with Gasteiger partial charge in [-0.25, -0.2) is 0 Å². The third-order valence-corrected chi connectivity index (χ3v) is 8.64. The number of benzene rings is 1. The molecule has 1 saturated heterocycles. The van der Waals surface area contributed by atoms with E-state index in [-0.39, 0.29) is 21.1 Å². The predicted octanol–water partition coefficient (Wildman–Crippen LogP) is 3.23. The summed E-state index contributed by atoms with van der Waals surface area (Å²) in [5.74, 6) is 0.940. The fourth-order valence-corrected chi connectivity index (χ4v) is 6.31. The fourth-order valence-electron chi connectivity index (χ4n) is 3.58. The summed E-state index contributed by atoms with van der Waals surface area (Å²) in [6, 6.07) is 8.03. The highest BCUT2D eigenvalue weighted by Gasteiger charge is 2.44. The molecular formula is C21H27ClO4S2. The molecule has 0 spiro atoms. The molecule has 154 valence electrons. The molecule has 0 radical (unpaired) electrons. The van der Waals surface area contributed by atoms with E-state index in [4.69, 9.17) is 16.3 Å². The first-order valence-corrected chi connectivity index (χ1v) is 12.1. The van der Waals surface area contributed by atoms with E-state index < -0.39 is 18.3 Å². The summed E-state index contributed by atoms with van der Waals surface area (Å²) in [7, 11) is 0. The standard InChI is InChI=1S/C21H27ClO4S2/c1-3-26-15-7-4-12(5-8-15)10-14-11-13(6-9-16(14)22)20-18(24)17(23)19(25)21(27-2)28-20/h4-9,11,14,16-21,23-25H,3,10H2,1-2H3. The van der Waals surface area contributed by atoms with Gasteiger partial charge in [-0.3, -0.25) is 0 Å². The van der Waals surface area contributed by atoms with Gasteiger partial charge in [-0.15, -0.1) is 35.1 Å². The smallest absolute Gasteiger partial charge is 0.119 e. The molecule has 0 aromatic heterocycles. The first-order chi connectivity index (χ1) is 13.4. The number of halogens is 1. The van der Waals surface area contributed by atoms with Gasteiger partial charge in [0.1, 0.15) is 18.0 Å². The normalized spacial score (nSPS) is 35.5. The monoisotopic (exact) mass is 442 g/mol. The van der Waals surface area contributed by atoms with E-state index in [0.717, 1.165) is 17.7 Å². The van der Waals surface area contributed by atoms with Crippen molar-refractivity contribution in [2.45, 2.75) is 46.9 Å². The van der Waals surface area contributed by atoms with E-state index in [1.807, 2.05) is 37.5 Å². The number of rotatable bonds is 6. The number of ether oxygens (including phenoxy) is 1. The lowest BCUT2D eigenvalue weighted by Gasteiger charge is -2.40. The second kappa shape index (κ2) is 9.92. The van der Waals surface area contributed by atoms with Gasteiger partial charge in [0.05, 0.1) is 27.9 Å². The third-order valence-electron chi connectivity index (χ3n) is 5.12. The van der Waals surface area contributed by atoms with E-state index >= 15 is 0 Å². The topological polar surface area (TPSA) is 69.9 Å². The minimum Gasteiger partial charge on any atom is -0.494 e. The molecule has 4 nitrogen and oxygen atoms in total. The summed E-state index contributed by atoms with van der Waals surface area (Å²) in [6.45, 7) is 2.60. The summed E-state index contributed by atoms with van der Waals surface area (Å²) in [5.41, 5.74) is 2.12. The Balaban J connectivity index is 1.75. The minimum atomic E-state index is -1.16. The Morgan fingerprint density at radius 1 is 1.11 bits per heavy atom. The quantitative estimate of drug-likeness (QED) is 0.587. The van der Waals surface area contributed by atoms with Gasteiger partial charge in [0, 0.05) is 5.92 Å². The first-order valence-electron chi connectivity index (χ1n) is 9.42. The van der Waals surface area contributed by atoms with Crippen molar-refractivity contribution in [3.8, 4) is 5.75 Å². The lowest BCUT2D eigenvalue weighted by atomic mass is 9.87. The molecule has 2 aliphatic rings. The molecule has 1 heterocycles.